The van der Waals surface area contributed by atoms with E-state index in [1.54, 1.807) is 24.3 Å². The molecule has 3 rings (SSSR count). The van der Waals surface area contributed by atoms with Crippen LogP contribution in [0, 0.1) is 0 Å². The second-order valence-corrected chi connectivity index (χ2v) is 7.48. The van der Waals surface area contributed by atoms with E-state index < -0.39 is 30.3 Å². The third-order valence-corrected chi connectivity index (χ3v) is 4.98. The van der Waals surface area contributed by atoms with E-state index in [4.69, 9.17) is 16.3 Å². The number of rotatable bonds is 8. The normalized spacial score (nSPS) is 10.3. The SMILES string of the molecule is O=C(CCCC(=O)OCC(=O)Nc1cccc2ccccc12)NNC(=O)c1ccccc1Cl. The lowest BCUT2D eigenvalue weighted by Crippen LogP contribution is -2.41. The third-order valence-electron chi connectivity index (χ3n) is 4.65. The number of hydrogen-bond acceptors (Lipinski definition) is 5. The maximum atomic E-state index is 12.1. The van der Waals surface area contributed by atoms with E-state index in [1.807, 2.05) is 36.4 Å². The summed E-state index contributed by atoms with van der Waals surface area (Å²) in [4.78, 5) is 47.8. The smallest absolute Gasteiger partial charge is 0.306 e. The van der Waals surface area contributed by atoms with E-state index >= 15 is 0 Å². The van der Waals surface area contributed by atoms with Crippen LogP contribution in [-0.4, -0.2) is 30.3 Å². The standard InChI is InChI=1S/C24H22ClN3O5/c25-19-11-4-3-10-18(19)24(32)28-27-21(29)13-6-14-23(31)33-15-22(30)26-20-12-5-8-16-7-1-2-9-17(16)20/h1-5,7-12H,6,13-15H2,(H,26,30)(H,27,29)(H,28,32). The Kier molecular flexibility index (Phi) is 8.37. The number of hydrazine groups is 1. The molecule has 0 aliphatic carbocycles. The van der Waals surface area contributed by atoms with Crippen molar-refractivity contribution in [3.63, 3.8) is 0 Å². The summed E-state index contributed by atoms with van der Waals surface area (Å²) >= 11 is 5.92. The number of esters is 1. The number of carbonyl (C=O) groups excluding carboxylic acids is 4. The average Bonchev–Trinajstić information content (AvgIpc) is 2.82. The van der Waals surface area contributed by atoms with E-state index in [9.17, 15) is 19.2 Å². The largest absolute Gasteiger partial charge is 0.456 e. The quantitative estimate of drug-likeness (QED) is 0.346. The van der Waals surface area contributed by atoms with Gasteiger partial charge in [-0.1, -0.05) is 60.1 Å². The van der Waals surface area contributed by atoms with Crippen molar-refractivity contribution >= 4 is 51.8 Å². The van der Waals surface area contributed by atoms with Gasteiger partial charge < -0.3 is 10.1 Å². The lowest BCUT2D eigenvalue weighted by Gasteiger charge is -2.10. The number of anilines is 1. The van der Waals surface area contributed by atoms with Gasteiger partial charge in [0.05, 0.1) is 10.6 Å². The summed E-state index contributed by atoms with van der Waals surface area (Å²) in [6.07, 6.45) is 0.130. The average molecular weight is 468 g/mol. The Morgan fingerprint density at radius 2 is 1.52 bits per heavy atom. The van der Waals surface area contributed by atoms with Gasteiger partial charge in [0.2, 0.25) is 5.91 Å². The van der Waals surface area contributed by atoms with Crippen LogP contribution in [0.15, 0.2) is 66.7 Å². The van der Waals surface area contributed by atoms with Crippen LogP contribution >= 0.6 is 11.6 Å². The molecule has 0 bridgehead atoms. The van der Waals surface area contributed by atoms with Gasteiger partial charge >= 0.3 is 5.97 Å². The number of fused-ring (bicyclic) bond motifs is 1. The van der Waals surface area contributed by atoms with Gasteiger partial charge in [-0.2, -0.15) is 0 Å². The van der Waals surface area contributed by atoms with Crippen LogP contribution in [0.1, 0.15) is 29.6 Å². The van der Waals surface area contributed by atoms with Crippen molar-refractivity contribution in [2.45, 2.75) is 19.3 Å². The van der Waals surface area contributed by atoms with Gasteiger partial charge in [-0.3, -0.25) is 30.0 Å². The molecule has 8 nitrogen and oxygen atoms in total. The highest BCUT2D eigenvalue weighted by atomic mass is 35.5. The first-order valence-electron chi connectivity index (χ1n) is 10.2. The molecular formula is C24H22ClN3O5. The molecule has 0 fully saturated rings. The van der Waals surface area contributed by atoms with Crippen molar-refractivity contribution < 1.29 is 23.9 Å². The first-order chi connectivity index (χ1) is 15.9. The maximum absolute atomic E-state index is 12.1. The molecule has 0 unspecified atom stereocenters. The van der Waals surface area contributed by atoms with Crippen LogP contribution in [-0.2, 0) is 19.1 Å². The summed E-state index contributed by atoms with van der Waals surface area (Å²) in [6.45, 7) is -0.428. The summed E-state index contributed by atoms with van der Waals surface area (Å²) in [5, 5.41) is 4.85. The number of halogens is 1. The Bertz CT molecular complexity index is 1180. The van der Waals surface area contributed by atoms with Gasteiger partial charge in [0.1, 0.15) is 0 Å². The zero-order chi connectivity index (χ0) is 23.6. The van der Waals surface area contributed by atoms with Crippen LogP contribution in [0.4, 0.5) is 5.69 Å². The molecule has 0 aromatic heterocycles. The van der Waals surface area contributed by atoms with Crippen LogP contribution in [0.2, 0.25) is 5.02 Å². The fraction of sp³-hybridized carbons (Fsp3) is 0.167. The zero-order valence-electron chi connectivity index (χ0n) is 17.6. The maximum Gasteiger partial charge on any atom is 0.306 e. The Balaban J connectivity index is 1.34. The number of amides is 3. The van der Waals surface area contributed by atoms with Crippen LogP contribution in [0.3, 0.4) is 0 Å². The highest BCUT2D eigenvalue weighted by Gasteiger charge is 2.12. The lowest BCUT2D eigenvalue weighted by molar-refractivity contribution is -0.147. The molecule has 0 aliphatic heterocycles. The van der Waals surface area contributed by atoms with Gasteiger partial charge in [-0.15, -0.1) is 0 Å². The summed E-state index contributed by atoms with van der Waals surface area (Å²) in [5.74, 6) is -2.09. The lowest BCUT2D eigenvalue weighted by atomic mass is 10.1. The second kappa shape index (κ2) is 11.6. The first-order valence-corrected chi connectivity index (χ1v) is 10.6. The molecule has 3 amide bonds. The van der Waals surface area contributed by atoms with Gasteiger partial charge in [0.25, 0.3) is 11.8 Å². The van der Waals surface area contributed by atoms with Gasteiger partial charge in [0, 0.05) is 23.9 Å². The Morgan fingerprint density at radius 1 is 0.788 bits per heavy atom. The van der Waals surface area contributed by atoms with Crippen molar-refractivity contribution in [2.24, 2.45) is 0 Å². The first kappa shape index (κ1) is 23.7. The van der Waals surface area contributed by atoms with E-state index in [1.165, 1.54) is 6.07 Å². The Hall–Kier alpha value is -3.91. The molecule has 0 heterocycles. The van der Waals surface area contributed by atoms with Crippen molar-refractivity contribution in [3.8, 4) is 0 Å². The van der Waals surface area contributed by atoms with Gasteiger partial charge in [-0.25, -0.2) is 0 Å². The topological polar surface area (TPSA) is 114 Å². The molecule has 0 radical (unpaired) electrons. The van der Waals surface area contributed by atoms with Crippen LogP contribution < -0.4 is 16.2 Å². The van der Waals surface area contributed by atoms with Crippen LogP contribution in [0.5, 0.6) is 0 Å². The van der Waals surface area contributed by atoms with E-state index in [0.29, 0.717) is 5.69 Å². The highest BCUT2D eigenvalue weighted by molar-refractivity contribution is 6.33. The Morgan fingerprint density at radius 3 is 2.33 bits per heavy atom. The van der Waals surface area contributed by atoms with E-state index in [-0.39, 0.29) is 29.8 Å². The molecule has 33 heavy (non-hydrogen) atoms. The van der Waals surface area contributed by atoms with Crippen LogP contribution in [0.25, 0.3) is 10.8 Å². The van der Waals surface area contributed by atoms with Crippen molar-refractivity contribution in [2.75, 3.05) is 11.9 Å². The molecule has 3 aromatic carbocycles. The summed E-state index contributed by atoms with van der Waals surface area (Å²) in [5.41, 5.74) is 5.38. The Labute approximate surface area is 195 Å². The predicted molar refractivity (Wildman–Crippen MR) is 124 cm³/mol. The number of nitrogens with one attached hydrogen (secondary N) is 3. The zero-order valence-corrected chi connectivity index (χ0v) is 18.4. The minimum Gasteiger partial charge on any atom is -0.456 e. The van der Waals surface area contributed by atoms with E-state index in [2.05, 4.69) is 16.2 Å². The minimum atomic E-state index is -0.601. The van der Waals surface area contributed by atoms with Crippen molar-refractivity contribution in [1.29, 1.82) is 0 Å². The molecule has 3 N–H and O–H groups in total. The number of carbonyl (C=O) groups is 4. The molecule has 3 aromatic rings. The monoisotopic (exact) mass is 467 g/mol. The van der Waals surface area contributed by atoms with E-state index in [0.717, 1.165) is 10.8 Å². The summed E-state index contributed by atoms with van der Waals surface area (Å²) in [6, 6.07) is 19.5. The van der Waals surface area contributed by atoms with Gasteiger partial charge in [0.15, 0.2) is 6.61 Å². The molecule has 170 valence electrons. The van der Waals surface area contributed by atoms with Crippen molar-refractivity contribution in [3.05, 3.63) is 77.3 Å². The molecule has 0 saturated carbocycles. The number of hydrogen-bond donors (Lipinski definition) is 3. The fourth-order valence-electron chi connectivity index (χ4n) is 3.03. The minimum absolute atomic E-state index is 0.0138. The fourth-order valence-corrected chi connectivity index (χ4v) is 3.26. The molecular weight excluding hydrogens is 446 g/mol. The second-order valence-electron chi connectivity index (χ2n) is 7.07. The number of benzene rings is 3. The molecule has 0 saturated heterocycles. The molecule has 0 spiro atoms. The summed E-state index contributed by atoms with van der Waals surface area (Å²) in [7, 11) is 0. The van der Waals surface area contributed by atoms with Gasteiger partial charge in [-0.05, 0) is 30.0 Å². The van der Waals surface area contributed by atoms with Crippen molar-refractivity contribution in [1.82, 2.24) is 10.9 Å². The molecule has 9 heteroatoms. The summed E-state index contributed by atoms with van der Waals surface area (Å²) < 4.78 is 4.97. The highest BCUT2D eigenvalue weighted by Crippen LogP contribution is 2.22. The predicted octanol–water partition coefficient (Wildman–Crippen LogP) is 3.61. The molecule has 0 atom stereocenters. The third kappa shape index (κ3) is 7.05. The number of ether oxygens (including phenoxy) is 1. The molecule has 0 aliphatic rings.